The highest BCUT2D eigenvalue weighted by atomic mass is 16.7. The highest BCUT2D eigenvalue weighted by Crippen LogP contribution is 2.52. The van der Waals surface area contributed by atoms with E-state index in [-0.39, 0.29) is 6.79 Å². The van der Waals surface area contributed by atoms with Gasteiger partial charge in [0.1, 0.15) is 0 Å². The van der Waals surface area contributed by atoms with E-state index in [1.807, 2.05) is 0 Å². The molecule has 0 fully saturated rings. The average molecular weight is 292 g/mol. The normalized spacial score (nSPS) is 20.0. The van der Waals surface area contributed by atoms with Gasteiger partial charge in [0.05, 0.1) is 7.11 Å². The molecule has 2 aliphatic rings. The lowest BCUT2D eigenvalue weighted by Gasteiger charge is -2.34. The minimum Gasteiger partial charge on any atom is -0.492 e. The fourth-order valence-corrected chi connectivity index (χ4v) is 3.29. The van der Waals surface area contributed by atoms with Gasteiger partial charge in [-0.1, -0.05) is 6.92 Å². The van der Waals surface area contributed by atoms with Gasteiger partial charge in [-0.3, -0.25) is 0 Å². The Morgan fingerprint density at radius 2 is 2.00 bits per heavy atom. The Balaban J connectivity index is 2.30. The monoisotopic (exact) mass is 292 g/mol. The third kappa shape index (κ3) is 2.15. The second-order valence-electron chi connectivity index (χ2n) is 6.19. The third-order valence-corrected chi connectivity index (χ3v) is 4.67. The summed E-state index contributed by atoms with van der Waals surface area (Å²) in [5.74, 6) is 2.30. The number of methoxy groups -OCH3 is 1. The number of likely N-dealkylation sites (N-methyl/N-ethyl adjacent to an activating group) is 1. The molecule has 5 nitrogen and oxygen atoms in total. The Hall–Kier alpha value is -1.46. The topological polar surface area (TPSA) is 57.0 Å². The third-order valence-electron chi connectivity index (χ3n) is 4.67. The van der Waals surface area contributed by atoms with E-state index < -0.39 is 5.54 Å². The zero-order valence-electron chi connectivity index (χ0n) is 13.3. The second kappa shape index (κ2) is 5.07. The summed E-state index contributed by atoms with van der Waals surface area (Å²) in [5.41, 5.74) is 9.71. The van der Waals surface area contributed by atoms with Crippen LogP contribution in [0.3, 0.4) is 0 Å². The Morgan fingerprint density at radius 3 is 2.67 bits per heavy atom. The predicted octanol–water partition coefficient (Wildman–Crippen LogP) is 2.00. The second-order valence-corrected chi connectivity index (χ2v) is 6.19. The van der Waals surface area contributed by atoms with Crippen molar-refractivity contribution in [3.8, 4) is 17.2 Å². The summed E-state index contributed by atoms with van der Waals surface area (Å²) in [4.78, 5) is 2.29. The molecular weight excluding hydrogens is 268 g/mol. The van der Waals surface area contributed by atoms with Crippen LogP contribution >= 0.6 is 0 Å². The van der Waals surface area contributed by atoms with Crippen LogP contribution in [0.15, 0.2) is 0 Å². The molecule has 5 heteroatoms. The van der Waals surface area contributed by atoms with E-state index >= 15 is 0 Å². The fraction of sp³-hybridized carbons (Fsp3) is 0.625. The molecule has 0 saturated heterocycles. The summed E-state index contributed by atoms with van der Waals surface area (Å²) >= 11 is 0. The summed E-state index contributed by atoms with van der Waals surface area (Å²) in [6.07, 6.45) is 1.80. The molecule has 3 rings (SSSR count). The van der Waals surface area contributed by atoms with E-state index in [9.17, 15) is 0 Å². The van der Waals surface area contributed by atoms with Crippen molar-refractivity contribution in [1.82, 2.24) is 4.90 Å². The lowest BCUT2D eigenvalue weighted by molar-refractivity contribution is 0.169. The van der Waals surface area contributed by atoms with Crippen LogP contribution in [-0.4, -0.2) is 32.4 Å². The van der Waals surface area contributed by atoms with E-state index in [1.54, 1.807) is 7.11 Å². The minimum atomic E-state index is -0.427. The molecule has 0 saturated carbocycles. The summed E-state index contributed by atoms with van der Waals surface area (Å²) in [6.45, 7) is 6.27. The molecule has 21 heavy (non-hydrogen) atoms. The van der Waals surface area contributed by atoms with Crippen LogP contribution in [0.4, 0.5) is 0 Å². The van der Waals surface area contributed by atoms with Gasteiger partial charge in [-0.2, -0.15) is 0 Å². The van der Waals surface area contributed by atoms with Gasteiger partial charge in [0.15, 0.2) is 11.5 Å². The molecule has 0 aromatic heterocycles. The molecule has 116 valence electrons. The van der Waals surface area contributed by atoms with E-state index in [4.69, 9.17) is 19.9 Å². The van der Waals surface area contributed by atoms with Gasteiger partial charge in [0.2, 0.25) is 12.5 Å². The van der Waals surface area contributed by atoms with Gasteiger partial charge in [-0.15, -0.1) is 0 Å². The van der Waals surface area contributed by atoms with Gasteiger partial charge < -0.3 is 24.8 Å². The lowest BCUT2D eigenvalue weighted by atomic mass is 9.81. The molecule has 1 unspecified atom stereocenters. The molecule has 2 heterocycles. The molecule has 2 aliphatic heterocycles. The van der Waals surface area contributed by atoms with Gasteiger partial charge in [-0.05, 0) is 32.4 Å². The molecular formula is C16H24N2O3. The number of nitrogens with zero attached hydrogens (tertiary/aromatic N) is 1. The van der Waals surface area contributed by atoms with Gasteiger partial charge in [0.25, 0.3) is 0 Å². The summed E-state index contributed by atoms with van der Waals surface area (Å²) in [7, 11) is 3.81. The number of nitrogens with two attached hydrogens (primary N) is 1. The van der Waals surface area contributed by atoms with E-state index in [2.05, 4.69) is 25.8 Å². The van der Waals surface area contributed by atoms with Crippen LogP contribution in [-0.2, 0) is 18.5 Å². The summed E-state index contributed by atoms with van der Waals surface area (Å²) in [5, 5.41) is 0. The molecule has 0 aliphatic carbocycles. The zero-order chi connectivity index (χ0) is 15.2. The SMILES string of the molecule is CCC(C)(N)c1c2c(c(OC)c3c1OCO3)CN(C)CC2. The zero-order valence-corrected chi connectivity index (χ0v) is 13.3. The Kier molecular flexibility index (Phi) is 3.50. The lowest BCUT2D eigenvalue weighted by Crippen LogP contribution is -2.36. The Morgan fingerprint density at radius 1 is 1.29 bits per heavy atom. The van der Waals surface area contributed by atoms with Crippen molar-refractivity contribution in [3.05, 3.63) is 16.7 Å². The maximum atomic E-state index is 6.57. The number of rotatable bonds is 3. The first kappa shape index (κ1) is 14.5. The standard InChI is InChI=1S/C16H24N2O3/c1-5-16(2,17)12-10-6-7-18(3)8-11(10)13(19-4)15-14(12)20-9-21-15/h5-9,17H2,1-4H3. The molecule has 0 amide bonds. The van der Waals surface area contributed by atoms with Crippen LogP contribution in [0.25, 0.3) is 0 Å². The van der Waals surface area contributed by atoms with Crippen LogP contribution in [0.2, 0.25) is 0 Å². The number of hydrogen-bond donors (Lipinski definition) is 1. The first-order chi connectivity index (χ1) is 9.99. The van der Waals surface area contributed by atoms with Crippen molar-refractivity contribution >= 4 is 0 Å². The summed E-state index contributed by atoms with van der Waals surface area (Å²) < 4.78 is 17.1. The Bertz CT molecular complexity index is 569. The van der Waals surface area contributed by atoms with Crippen molar-refractivity contribution in [2.45, 2.75) is 38.8 Å². The van der Waals surface area contributed by atoms with Gasteiger partial charge in [-0.25, -0.2) is 0 Å². The van der Waals surface area contributed by atoms with Gasteiger partial charge >= 0.3 is 0 Å². The quantitative estimate of drug-likeness (QED) is 0.923. The predicted molar refractivity (Wildman–Crippen MR) is 81.0 cm³/mol. The van der Waals surface area contributed by atoms with Crippen LogP contribution in [0.1, 0.15) is 37.0 Å². The molecule has 2 N–H and O–H groups in total. The maximum absolute atomic E-state index is 6.57. The molecule has 0 bridgehead atoms. The van der Waals surface area contributed by atoms with E-state index in [0.29, 0.717) is 5.75 Å². The molecule has 1 aromatic rings. The maximum Gasteiger partial charge on any atom is 0.231 e. The smallest absolute Gasteiger partial charge is 0.231 e. The average Bonchev–Trinajstić information content (AvgIpc) is 2.92. The summed E-state index contributed by atoms with van der Waals surface area (Å²) in [6, 6.07) is 0. The number of ether oxygens (including phenoxy) is 3. The highest BCUT2D eigenvalue weighted by molar-refractivity contribution is 5.67. The largest absolute Gasteiger partial charge is 0.492 e. The molecule has 0 radical (unpaired) electrons. The first-order valence-corrected chi connectivity index (χ1v) is 7.48. The van der Waals surface area contributed by atoms with Crippen LogP contribution in [0, 0.1) is 0 Å². The fourth-order valence-electron chi connectivity index (χ4n) is 3.29. The van der Waals surface area contributed by atoms with E-state index in [0.717, 1.165) is 43.0 Å². The van der Waals surface area contributed by atoms with Crippen molar-refractivity contribution in [1.29, 1.82) is 0 Å². The van der Waals surface area contributed by atoms with Crippen LogP contribution < -0.4 is 19.9 Å². The number of benzene rings is 1. The highest BCUT2D eigenvalue weighted by Gasteiger charge is 2.37. The first-order valence-electron chi connectivity index (χ1n) is 7.48. The molecule has 0 spiro atoms. The number of hydrogen-bond acceptors (Lipinski definition) is 5. The van der Waals surface area contributed by atoms with Crippen molar-refractivity contribution < 1.29 is 14.2 Å². The molecule has 1 aromatic carbocycles. The van der Waals surface area contributed by atoms with Crippen LogP contribution in [0.5, 0.6) is 17.2 Å². The van der Waals surface area contributed by atoms with Crippen molar-refractivity contribution in [2.24, 2.45) is 5.73 Å². The Labute approximate surface area is 126 Å². The number of fused-ring (bicyclic) bond motifs is 2. The van der Waals surface area contributed by atoms with Crippen molar-refractivity contribution in [2.75, 3.05) is 27.5 Å². The van der Waals surface area contributed by atoms with E-state index in [1.165, 1.54) is 11.1 Å². The van der Waals surface area contributed by atoms with Crippen molar-refractivity contribution in [3.63, 3.8) is 0 Å². The molecule has 1 atom stereocenters. The van der Waals surface area contributed by atoms with Gasteiger partial charge in [0, 0.05) is 29.8 Å². The minimum absolute atomic E-state index is 0.233.